The Bertz CT molecular complexity index is 1330. The Balaban J connectivity index is 1.50. The lowest BCUT2D eigenvalue weighted by atomic mass is 9.75. The molecule has 3 atom stereocenters. The van der Waals surface area contributed by atoms with Gasteiger partial charge in [-0.15, -0.1) is 0 Å². The number of benzene rings is 3. The van der Waals surface area contributed by atoms with Crippen molar-refractivity contribution in [3.63, 3.8) is 0 Å². The normalized spacial score (nSPS) is 20.5. The van der Waals surface area contributed by atoms with Crippen molar-refractivity contribution in [1.82, 2.24) is 0 Å². The van der Waals surface area contributed by atoms with Crippen molar-refractivity contribution in [2.75, 3.05) is 12.4 Å². The summed E-state index contributed by atoms with van der Waals surface area (Å²) in [6.07, 6.45) is -0.0331. The Morgan fingerprint density at radius 3 is 2.53 bits per heavy atom. The number of alkyl halides is 3. The number of halogens is 6. The van der Waals surface area contributed by atoms with Crippen molar-refractivity contribution in [1.29, 1.82) is 0 Å². The summed E-state index contributed by atoms with van der Waals surface area (Å²) in [4.78, 5) is 0. The lowest BCUT2D eigenvalue weighted by Gasteiger charge is -2.39. The smallest absolute Gasteiger partial charge is 0.416 e. The Hall–Kier alpha value is -2.35. The highest BCUT2D eigenvalue weighted by Gasteiger charge is 2.45. The second-order valence-corrected chi connectivity index (χ2v) is 10.5. The summed E-state index contributed by atoms with van der Waals surface area (Å²) in [7, 11) is 1.55. The fourth-order valence-corrected chi connectivity index (χ4v) is 5.97. The standard InChI is InChI=1S/C27H21BrCl2F3NO2/c1-35-22-12-15(11-20(28)26(22)36-13-14-5-7-16(29)8-6-14)24-18-4-2-3-17(18)23-19(27(31,32)33)9-10-21(30)25(23)34-24/h2-3,5-12,17-18,24,34H,4,13H2,1H3/t17-,18-,24+/m1/s1. The monoisotopic (exact) mass is 597 g/mol. The first-order valence-corrected chi connectivity index (χ1v) is 12.8. The van der Waals surface area contributed by atoms with Crippen molar-refractivity contribution in [3.8, 4) is 11.5 Å². The average molecular weight is 599 g/mol. The first-order chi connectivity index (χ1) is 17.2. The fraction of sp³-hybridized carbons (Fsp3) is 0.259. The quantitative estimate of drug-likeness (QED) is 0.297. The number of hydrogen-bond acceptors (Lipinski definition) is 3. The largest absolute Gasteiger partial charge is 0.493 e. The maximum atomic E-state index is 13.9. The van der Waals surface area contributed by atoms with Gasteiger partial charge >= 0.3 is 6.18 Å². The van der Waals surface area contributed by atoms with E-state index in [0.717, 1.165) is 17.2 Å². The van der Waals surface area contributed by atoms with Crippen molar-refractivity contribution in [2.45, 2.75) is 31.2 Å². The van der Waals surface area contributed by atoms with E-state index in [2.05, 4.69) is 21.2 Å². The van der Waals surface area contributed by atoms with Crippen LogP contribution in [0.25, 0.3) is 0 Å². The number of anilines is 1. The van der Waals surface area contributed by atoms with Crippen LogP contribution in [0.2, 0.25) is 10.0 Å². The van der Waals surface area contributed by atoms with Gasteiger partial charge in [0.25, 0.3) is 0 Å². The van der Waals surface area contributed by atoms with Crippen LogP contribution >= 0.6 is 39.1 Å². The number of fused-ring (bicyclic) bond motifs is 3. The van der Waals surface area contributed by atoms with Crippen LogP contribution < -0.4 is 14.8 Å². The van der Waals surface area contributed by atoms with E-state index in [0.29, 0.717) is 39.7 Å². The van der Waals surface area contributed by atoms with E-state index in [-0.39, 0.29) is 22.5 Å². The summed E-state index contributed by atoms with van der Waals surface area (Å²) < 4.78 is 53.9. The number of methoxy groups -OCH3 is 1. The lowest BCUT2D eigenvalue weighted by Crippen LogP contribution is -2.31. The van der Waals surface area contributed by atoms with Crippen LogP contribution in [0.1, 0.15) is 40.6 Å². The minimum atomic E-state index is -4.47. The summed E-state index contributed by atoms with van der Waals surface area (Å²) in [5.74, 6) is 0.520. The summed E-state index contributed by atoms with van der Waals surface area (Å²) >= 11 is 16.0. The molecular formula is C27H21BrCl2F3NO2. The van der Waals surface area contributed by atoms with Gasteiger partial charge in [-0.1, -0.05) is 47.5 Å². The second-order valence-electron chi connectivity index (χ2n) is 8.81. The zero-order valence-corrected chi connectivity index (χ0v) is 22.1. The third-order valence-corrected chi connectivity index (χ3v) is 7.84. The van der Waals surface area contributed by atoms with Crippen molar-refractivity contribution < 1.29 is 22.6 Å². The number of rotatable bonds is 5. The molecule has 3 aromatic rings. The Morgan fingerprint density at radius 1 is 1.08 bits per heavy atom. The van der Waals surface area contributed by atoms with E-state index in [9.17, 15) is 13.2 Å². The molecule has 188 valence electrons. The zero-order valence-electron chi connectivity index (χ0n) is 19.0. The summed E-state index contributed by atoms with van der Waals surface area (Å²) in [5, 5.41) is 4.23. The van der Waals surface area contributed by atoms with Crippen LogP contribution in [-0.4, -0.2) is 7.11 Å². The van der Waals surface area contributed by atoms with E-state index in [1.165, 1.54) is 6.07 Å². The highest BCUT2D eigenvalue weighted by molar-refractivity contribution is 9.10. The summed E-state index contributed by atoms with van der Waals surface area (Å²) in [6, 6.07) is 13.2. The van der Waals surface area contributed by atoms with Crippen LogP contribution in [-0.2, 0) is 12.8 Å². The van der Waals surface area contributed by atoms with Crippen molar-refractivity contribution >= 4 is 44.8 Å². The molecular weight excluding hydrogens is 578 g/mol. The Labute approximate surface area is 225 Å². The third kappa shape index (κ3) is 4.69. The number of nitrogens with one attached hydrogen (secondary N) is 1. The average Bonchev–Trinajstić information content (AvgIpc) is 3.33. The molecule has 9 heteroatoms. The summed E-state index contributed by atoms with van der Waals surface area (Å²) in [6.45, 7) is 0.310. The maximum Gasteiger partial charge on any atom is 0.416 e. The molecule has 0 bridgehead atoms. The van der Waals surface area contributed by atoms with Crippen LogP contribution in [0.4, 0.5) is 18.9 Å². The van der Waals surface area contributed by atoms with Gasteiger partial charge in [-0.05, 0) is 81.4 Å². The molecule has 1 heterocycles. The predicted molar refractivity (Wildman–Crippen MR) is 139 cm³/mol. The molecule has 0 amide bonds. The predicted octanol–water partition coefficient (Wildman–Crippen LogP) is 9.19. The van der Waals surface area contributed by atoms with Gasteiger partial charge in [-0.2, -0.15) is 13.2 Å². The molecule has 0 fully saturated rings. The fourth-order valence-electron chi connectivity index (χ4n) is 5.05. The lowest BCUT2D eigenvalue weighted by molar-refractivity contribution is -0.138. The molecule has 2 aliphatic rings. The number of hydrogen-bond donors (Lipinski definition) is 1. The first-order valence-electron chi connectivity index (χ1n) is 11.2. The van der Waals surface area contributed by atoms with E-state index in [4.69, 9.17) is 32.7 Å². The minimum Gasteiger partial charge on any atom is -0.493 e. The molecule has 0 radical (unpaired) electrons. The highest BCUT2D eigenvalue weighted by Crippen LogP contribution is 2.55. The molecule has 0 saturated heterocycles. The van der Waals surface area contributed by atoms with Gasteiger partial charge in [0.05, 0.1) is 33.9 Å². The third-order valence-electron chi connectivity index (χ3n) is 6.68. The molecule has 0 aromatic heterocycles. The number of allylic oxidation sites excluding steroid dienone is 2. The van der Waals surface area contributed by atoms with Gasteiger partial charge in [0.15, 0.2) is 11.5 Å². The zero-order chi connectivity index (χ0) is 25.6. The van der Waals surface area contributed by atoms with Gasteiger partial charge in [0.2, 0.25) is 0 Å². The van der Waals surface area contributed by atoms with Gasteiger partial charge in [0.1, 0.15) is 6.61 Å². The van der Waals surface area contributed by atoms with Crippen LogP contribution in [0, 0.1) is 5.92 Å². The van der Waals surface area contributed by atoms with E-state index in [1.54, 1.807) is 19.2 Å². The first kappa shape index (κ1) is 25.3. The molecule has 3 aromatic carbocycles. The molecule has 0 unspecified atom stereocenters. The topological polar surface area (TPSA) is 30.5 Å². The Kier molecular flexibility index (Phi) is 6.92. The molecule has 1 aliphatic carbocycles. The molecule has 0 spiro atoms. The van der Waals surface area contributed by atoms with Gasteiger partial charge in [-0.25, -0.2) is 0 Å². The van der Waals surface area contributed by atoms with Gasteiger partial charge < -0.3 is 14.8 Å². The van der Waals surface area contributed by atoms with Crippen LogP contribution in [0.15, 0.2) is 65.2 Å². The molecule has 0 saturated carbocycles. The SMILES string of the molecule is COc1cc([C@@H]2Nc3c(Cl)ccc(C(F)(F)F)c3[C@@H]3C=CC[C@H]32)cc(Br)c1OCc1ccc(Cl)cc1. The Morgan fingerprint density at radius 2 is 1.83 bits per heavy atom. The molecule has 1 aliphatic heterocycles. The second kappa shape index (κ2) is 9.84. The van der Waals surface area contributed by atoms with E-state index < -0.39 is 17.7 Å². The van der Waals surface area contributed by atoms with Crippen molar-refractivity contribution in [2.24, 2.45) is 5.92 Å². The molecule has 3 nitrogen and oxygen atoms in total. The minimum absolute atomic E-state index is 0.116. The molecule has 1 N–H and O–H groups in total. The number of ether oxygens (including phenoxy) is 2. The van der Waals surface area contributed by atoms with Gasteiger partial charge in [-0.3, -0.25) is 0 Å². The van der Waals surface area contributed by atoms with Crippen molar-refractivity contribution in [3.05, 3.63) is 97.5 Å². The van der Waals surface area contributed by atoms with E-state index >= 15 is 0 Å². The van der Waals surface area contributed by atoms with Crippen LogP contribution in [0.5, 0.6) is 11.5 Å². The maximum absolute atomic E-state index is 13.9. The molecule has 36 heavy (non-hydrogen) atoms. The van der Waals surface area contributed by atoms with Gasteiger partial charge in [0, 0.05) is 10.9 Å². The van der Waals surface area contributed by atoms with E-state index in [1.807, 2.05) is 36.4 Å². The molecule has 5 rings (SSSR count). The summed E-state index contributed by atoms with van der Waals surface area (Å²) in [5.41, 5.74) is 1.67. The van der Waals surface area contributed by atoms with Crippen LogP contribution in [0.3, 0.4) is 0 Å². The highest BCUT2D eigenvalue weighted by atomic mass is 79.9.